The van der Waals surface area contributed by atoms with E-state index >= 15 is 0 Å². The predicted octanol–water partition coefficient (Wildman–Crippen LogP) is 3.15. The molecule has 3 rings (SSSR count). The molecule has 2 aromatic heterocycles. The molecule has 0 amide bonds. The van der Waals surface area contributed by atoms with Crippen molar-refractivity contribution >= 4 is 44.4 Å². The number of nitriles is 4. The summed E-state index contributed by atoms with van der Waals surface area (Å²) in [5, 5.41) is 36.0. The number of hydrogen-bond donors (Lipinski definition) is 0. The quantitative estimate of drug-likeness (QED) is 0.750. The summed E-state index contributed by atoms with van der Waals surface area (Å²) in [5.41, 5.74) is 0.534. The molecule has 0 fully saturated rings. The fourth-order valence-corrected chi connectivity index (χ4v) is 4.66. The van der Waals surface area contributed by atoms with Crippen molar-refractivity contribution in [1.82, 2.24) is 9.97 Å². The minimum Gasteiger partial charge on any atom is -0.222 e. The van der Waals surface area contributed by atoms with Gasteiger partial charge in [0, 0.05) is 0 Å². The lowest BCUT2D eigenvalue weighted by atomic mass is 9.90. The molecule has 0 spiro atoms. The van der Waals surface area contributed by atoms with E-state index in [4.69, 9.17) is 21.0 Å². The van der Waals surface area contributed by atoms with E-state index < -0.39 is 5.41 Å². The van der Waals surface area contributed by atoms with Crippen molar-refractivity contribution < 1.29 is 0 Å². The highest BCUT2D eigenvalue weighted by Crippen LogP contribution is 2.55. The molecule has 25 heavy (non-hydrogen) atoms. The maximum Gasteiger partial charge on any atom is 0.220 e. The van der Waals surface area contributed by atoms with Gasteiger partial charge in [-0.2, -0.15) is 31.0 Å². The van der Waals surface area contributed by atoms with Crippen molar-refractivity contribution in [3.63, 3.8) is 0 Å². The summed E-state index contributed by atoms with van der Waals surface area (Å²) in [6.45, 7) is 3.90. The van der Waals surface area contributed by atoms with E-state index in [1.807, 2.05) is 13.8 Å². The molecule has 2 heterocycles. The molecule has 0 saturated carbocycles. The summed E-state index contributed by atoms with van der Waals surface area (Å²) in [7, 11) is 0. The van der Waals surface area contributed by atoms with Crippen molar-refractivity contribution in [2.75, 3.05) is 0 Å². The average molecular weight is 362 g/mol. The molecule has 0 aromatic carbocycles. The number of aliphatic imine (C=N–C) groups is 2. The molecule has 10 heteroatoms. The molecule has 1 aliphatic carbocycles. The number of nitrogens with zero attached hydrogens (tertiary/aromatic N) is 8. The Kier molecular flexibility index (Phi) is 3.87. The van der Waals surface area contributed by atoms with E-state index in [2.05, 4.69) is 20.0 Å². The molecule has 0 bridgehead atoms. The van der Waals surface area contributed by atoms with Crippen molar-refractivity contribution in [3.05, 3.63) is 11.4 Å². The van der Waals surface area contributed by atoms with Crippen LogP contribution in [-0.2, 0) is 5.41 Å². The van der Waals surface area contributed by atoms with Gasteiger partial charge in [-0.15, -0.1) is 0 Å². The molecule has 0 unspecified atom stereocenters. The Morgan fingerprint density at radius 1 is 0.800 bits per heavy atom. The van der Waals surface area contributed by atoms with Gasteiger partial charge in [0.05, 0.1) is 26.6 Å². The zero-order valence-electron chi connectivity index (χ0n) is 12.9. The lowest BCUT2D eigenvalue weighted by Gasteiger charge is -2.15. The smallest absolute Gasteiger partial charge is 0.220 e. The van der Waals surface area contributed by atoms with Gasteiger partial charge in [-0.05, 0) is 13.8 Å². The largest absolute Gasteiger partial charge is 0.222 e. The van der Waals surface area contributed by atoms with Gasteiger partial charge in [-0.1, -0.05) is 22.7 Å². The topological polar surface area (TPSA) is 146 Å². The van der Waals surface area contributed by atoms with Crippen LogP contribution >= 0.6 is 22.7 Å². The molecular formula is C15H6N8S2. The molecule has 0 radical (unpaired) electrons. The van der Waals surface area contributed by atoms with Gasteiger partial charge in [-0.3, -0.25) is 0 Å². The number of thiazole rings is 2. The highest BCUT2D eigenvalue weighted by Gasteiger charge is 2.42. The molecule has 118 valence electrons. The van der Waals surface area contributed by atoms with Gasteiger partial charge in [0.1, 0.15) is 24.3 Å². The third kappa shape index (κ3) is 2.56. The zero-order valence-corrected chi connectivity index (χ0v) is 14.5. The standard InChI is InChI=1S/C15H6N8S2/c1-15(2)11-9(24-13(22-11)20-7(3-16)4-17)10-12(15)23-14(25-10)21-8(5-18)6-19/h1-2H3. The van der Waals surface area contributed by atoms with Crippen LogP contribution in [0, 0.1) is 45.3 Å². The average Bonchev–Trinajstić information content (AvgIpc) is 3.25. The van der Waals surface area contributed by atoms with Crippen LogP contribution in [0.5, 0.6) is 0 Å². The first-order valence-corrected chi connectivity index (χ1v) is 8.38. The number of fused-ring (bicyclic) bond motifs is 3. The summed E-state index contributed by atoms with van der Waals surface area (Å²) in [5.74, 6) is 0. The monoisotopic (exact) mass is 362 g/mol. The van der Waals surface area contributed by atoms with Crippen LogP contribution in [0.15, 0.2) is 9.98 Å². The second kappa shape index (κ2) is 5.89. The van der Waals surface area contributed by atoms with Gasteiger partial charge in [-0.25, -0.2) is 9.97 Å². The Labute approximate surface area is 150 Å². The van der Waals surface area contributed by atoms with E-state index in [-0.39, 0.29) is 11.4 Å². The lowest BCUT2D eigenvalue weighted by molar-refractivity contribution is 0.621. The molecule has 1 aliphatic rings. The van der Waals surface area contributed by atoms with Crippen molar-refractivity contribution in [1.29, 1.82) is 21.0 Å². The normalized spacial score (nSPS) is 12.6. The molecular weight excluding hydrogens is 356 g/mol. The second-order valence-corrected chi connectivity index (χ2v) is 7.30. The number of rotatable bonds is 2. The van der Waals surface area contributed by atoms with Crippen molar-refractivity contribution in [3.8, 4) is 34.0 Å². The minimum atomic E-state index is -0.502. The lowest BCUT2D eigenvalue weighted by Crippen LogP contribution is -2.16. The minimum absolute atomic E-state index is 0.257. The van der Waals surface area contributed by atoms with Gasteiger partial charge in [0.15, 0.2) is 0 Å². The Morgan fingerprint density at radius 3 is 1.48 bits per heavy atom. The Balaban J connectivity index is 2.13. The first kappa shape index (κ1) is 16.4. The Bertz CT molecular complexity index is 998. The highest BCUT2D eigenvalue weighted by atomic mass is 32.1. The molecule has 0 aliphatic heterocycles. The fraction of sp³-hybridized carbons (Fsp3) is 0.200. The van der Waals surface area contributed by atoms with Crippen LogP contribution in [0.2, 0.25) is 0 Å². The van der Waals surface area contributed by atoms with E-state index in [1.54, 1.807) is 24.3 Å². The molecule has 0 saturated heterocycles. The Morgan fingerprint density at radius 2 is 1.16 bits per heavy atom. The number of aromatic nitrogens is 2. The molecule has 8 nitrogen and oxygen atoms in total. The van der Waals surface area contributed by atoms with Crippen molar-refractivity contribution in [2.45, 2.75) is 19.3 Å². The van der Waals surface area contributed by atoms with Gasteiger partial charge < -0.3 is 0 Å². The van der Waals surface area contributed by atoms with Crippen LogP contribution in [0.25, 0.3) is 9.75 Å². The highest BCUT2D eigenvalue weighted by molar-refractivity contribution is 7.25. The molecule has 0 atom stereocenters. The maximum atomic E-state index is 8.83. The summed E-state index contributed by atoms with van der Waals surface area (Å²) in [6.07, 6.45) is 0. The first-order valence-electron chi connectivity index (χ1n) is 6.75. The summed E-state index contributed by atoms with van der Waals surface area (Å²) >= 11 is 2.52. The Hall–Kier alpha value is -3.44. The fourth-order valence-electron chi connectivity index (χ4n) is 2.32. The third-order valence-electron chi connectivity index (χ3n) is 3.46. The van der Waals surface area contributed by atoms with Crippen LogP contribution in [0.1, 0.15) is 25.2 Å². The van der Waals surface area contributed by atoms with Gasteiger partial charge >= 0.3 is 0 Å². The number of hydrogen-bond acceptors (Lipinski definition) is 10. The molecule has 0 N–H and O–H groups in total. The van der Waals surface area contributed by atoms with Crippen LogP contribution in [0.3, 0.4) is 0 Å². The van der Waals surface area contributed by atoms with Gasteiger partial charge in [0.25, 0.3) is 0 Å². The van der Waals surface area contributed by atoms with E-state index in [0.717, 1.165) is 21.1 Å². The van der Waals surface area contributed by atoms with E-state index in [1.165, 1.54) is 22.7 Å². The summed E-state index contributed by atoms with van der Waals surface area (Å²) in [6, 6.07) is 6.84. The summed E-state index contributed by atoms with van der Waals surface area (Å²) < 4.78 is 0. The summed E-state index contributed by atoms with van der Waals surface area (Å²) in [4.78, 5) is 18.5. The third-order valence-corrected chi connectivity index (χ3v) is 5.52. The van der Waals surface area contributed by atoms with Crippen molar-refractivity contribution in [2.24, 2.45) is 9.98 Å². The SMILES string of the molecule is CC1(C)c2nc(N=C(C#N)C#N)sc2-c2sc(N=C(C#N)C#N)nc21. The second-order valence-electron chi connectivity index (χ2n) is 5.34. The van der Waals surface area contributed by atoms with Crippen LogP contribution < -0.4 is 0 Å². The van der Waals surface area contributed by atoms with Crippen LogP contribution in [-0.4, -0.2) is 21.4 Å². The van der Waals surface area contributed by atoms with E-state index in [0.29, 0.717) is 10.3 Å². The predicted molar refractivity (Wildman–Crippen MR) is 92.0 cm³/mol. The maximum absolute atomic E-state index is 8.83. The zero-order chi connectivity index (χ0) is 18.2. The molecule has 2 aromatic rings. The first-order chi connectivity index (χ1) is 11.9. The van der Waals surface area contributed by atoms with E-state index in [9.17, 15) is 0 Å². The van der Waals surface area contributed by atoms with Crippen LogP contribution in [0.4, 0.5) is 10.3 Å². The van der Waals surface area contributed by atoms with Gasteiger partial charge in [0.2, 0.25) is 21.7 Å².